The summed E-state index contributed by atoms with van der Waals surface area (Å²) in [6.07, 6.45) is 4.31. The second-order valence-corrected chi connectivity index (χ2v) is 9.32. The van der Waals surface area contributed by atoms with E-state index in [1.165, 1.54) is 6.42 Å². The van der Waals surface area contributed by atoms with Crippen LogP contribution in [0, 0.1) is 17.8 Å². The molecule has 1 heterocycles. The molecule has 1 saturated carbocycles. The lowest BCUT2D eigenvalue weighted by Crippen LogP contribution is -2.44. The molecule has 3 atom stereocenters. The van der Waals surface area contributed by atoms with Crippen LogP contribution in [-0.4, -0.2) is 16.6 Å². The molecule has 4 nitrogen and oxygen atoms in total. The quantitative estimate of drug-likeness (QED) is 0.277. The molecule has 1 unspecified atom stereocenters. The molecule has 0 aliphatic heterocycles. The molecule has 28 heavy (non-hydrogen) atoms. The SMILES string of the molecule is CCc1n(C)c2cc(Br)ccc2[n+]1CC(=O)OC1C[C@H](C)CC[C@H]1C(C)C.I. The van der Waals surface area contributed by atoms with Crippen molar-refractivity contribution < 1.29 is 14.1 Å². The minimum Gasteiger partial charge on any atom is -0.459 e. The maximum absolute atomic E-state index is 12.9. The summed E-state index contributed by atoms with van der Waals surface area (Å²) in [6.45, 7) is 9.16. The standard InChI is InChI=1S/C22H32BrN2O2.HI/c1-6-21-24(5)19-12-16(23)8-10-18(19)25(21)13-22(26)27-20-11-15(4)7-9-17(20)14(2)3;/h8,10,12,14-15,17,20H,6-7,9,11,13H2,1-5H3;1H/q+1;/t15-,17+,20?;/m1./s1. The molecule has 6 heteroatoms. The number of rotatable bonds is 5. The van der Waals surface area contributed by atoms with E-state index in [2.05, 4.69) is 71.9 Å². The van der Waals surface area contributed by atoms with E-state index in [1.54, 1.807) is 0 Å². The van der Waals surface area contributed by atoms with Crippen molar-refractivity contribution in [1.82, 2.24) is 4.57 Å². The lowest BCUT2D eigenvalue weighted by Gasteiger charge is -2.36. The third-order valence-corrected chi connectivity index (χ3v) is 6.63. The lowest BCUT2D eigenvalue weighted by atomic mass is 9.75. The van der Waals surface area contributed by atoms with Crippen LogP contribution in [0.2, 0.25) is 0 Å². The van der Waals surface area contributed by atoms with Crippen LogP contribution in [0.25, 0.3) is 11.0 Å². The Morgan fingerprint density at radius 2 is 2.07 bits per heavy atom. The molecule has 3 rings (SSSR count). The summed E-state index contributed by atoms with van der Waals surface area (Å²) in [7, 11) is 2.06. The summed E-state index contributed by atoms with van der Waals surface area (Å²) in [4.78, 5) is 12.9. The lowest BCUT2D eigenvalue weighted by molar-refractivity contribution is -0.668. The van der Waals surface area contributed by atoms with Gasteiger partial charge < -0.3 is 4.74 Å². The number of ether oxygens (including phenoxy) is 1. The molecule has 0 spiro atoms. The fraction of sp³-hybridized carbons (Fsp3) is 0.636. The van der Waals surface area contributed by atoms with Crippen molar-refractivity contribution in [2.24, 2.45) is 24.8 Å². The summed E-state index contributed by atoms with van der Waals surface area (Å²) >= 11 is 3.55. The van der Waals surface area contributed by atoms with Crippen LogP contribution >= 0.6 is 39.9 Å². The van der Waals surface area contributed by atoms with E-state index in [0.29, 0.717) is 17.8 Å². The molecule has 0 bridgehead atoms. The number of fused-ring (bicyclic) bond motifs is 1. The Bertz CT molecular complexity index is 834. The molecule has 0 radical (unpaired) electrons. The van der Waals surface area contributed by atoms with E-state index < -0.39 is 0 Å². The first-order valence-electron chi connectivity index (χ1n) is 10.2. The summed E-state index contributed by atoms with van der Waals surface area (Å²) in [6, 6.07) is 6.21. The zero-order valence-corrected chi connectivity index (χ0v) is 21.5. The Kier molecular flexibility index (Phi) is 8.38. The maximum Gasteiger partial charge on any atom is 0.348 e. The van der Waals surface area contributed by atoms with Crippen LogP contribution in [0.15, 0.2) is 22.7 Å². The Labute approximate surface area is 194 Å². The van der Waals surface area contributed by atoms with Crippen molar-refractivity contribution >= 4 is 56.9 Å². The second-order valence-electron chi connectivity index (χ2n) is 8.40. The summed E-state index contributed by atoms with van der Waals surface area (Å²) < 4.78 is 11.4. The molecule has 156 valence electrons. The number of esters is 1. The van der Waals surface area contributed by atoms with Crippen molar-refractivity contribution in [1.29, 1.82) is 0 Å². The molecule has 1 aromatic heterocycles. The highest BCUT2D eigenvalue weighted by molar-refractivity contribution is 14.0. The van der Waals surface area contributed by atoms with Gasteiger partial charge in [0.25, 0.3) is 5.82 Å². The van der Waals surface area contributed by atoms with Crippen molar-refractivity contribution in [3.05, 3.63) is 28.5 Å². The van der Waals surface area contributed by atoms with Crippen molar-refractivity contribution in [3.63, 3.8) is 0 Å². The third kappa shape index (κ3) is 4.91. The highest BCUT2D eigenvalue weighted by Crippen LogP contribution is 2.35. The molecule has 1 aromatic carbocycles. The number of aryl methyl sites for hydroxylation is 1. The average molecular weight is 564 g/mol. The van der Waals surface area contributed by atoms with Gasteiger partial charge in [0, 0.05) is 17.0 Å². The molecule has 0 saturated heterocycles. The van der Waals surface area contributed by atoms with Crippen LogP contribution in [0.3, 0.4) is 0 Å². The Morgan fingerprint density at radius 3 is 2.71 bits per heavy atom. The maximum atomic E-state index is 12.9. The fourth-order valence-corrected chi connectivity index (χ4v) is 4.99. The van der Waals surface area contributed by atoms with E-state index in [4.69, 9.17) is 4.74 Å². The van der Waals surface area contributed by atoms with Gasteiger partial charge in [-0.25, -0.2) is 13.9 Å². The molecular weight excluding hydrogens is 531 g/mol. The van der Waals surface area contributed by atoms with Gasteiger partial charge in [-0.15, -0.1) is 24.0 Å². The van der Waals surface area contributed by atoms with Gasteiger partial charge in [-0.3, -0.25) is 0 Å². The van der Waals surface area contributed by atoms with Crippen molar-refractivity contribution in [2.75, 3.05) is 0 Å². The third-order valence-electron chi connectivity index (χ3n) is 6.14. The van der Waals surface area contributed by atoms with Gasteiger partial charge in [0.05, 0.1) is 7.05 Å². The molecule has 2 aromatic rings. The average Bonchev–Trinajstić information content (AvgIpc) is 2.85. The summed E-state index contributed by atoms with van der Waals surface area (Å²) in [5.74, 6) is 2.67. The number of benzene rings is 1. The van der Waals surface area contributed by atoms with E-state index in [1.807, 2.05) is 6.07 Å². The van der Waals surface area contributed by atoms with Crippen molar-refractivity contribution in [3.8, 4) is 0 Å². The first-order valence-corrected chi connectivity index (χ1v) is 11.0. The van der Waals surface area contributed by atoms with Gasteiger partial charge >= 0.3 is 5.97 Å². The molecule has 0 amide bonds. The van der Waals surface area contributed by atoms with Gasteiger partial charge in [0.15, 0.2) is 17.6 Å². The van der Waals surface area contributed by atoms with Gasteiger partial charge in [-0.2, -0.15) is 0 Å². The normalized spacial score (nSPS) is 22.3. The largest absolute Gasteiger partial charge is 0.459 e. The minimum absolute atomic E-state index is 0. The Hall–Kier alpha value is -0.630. The number of carbonyl (C=O) groups is 1. The molecule has 0 N–H and O–H groups in total. The van der Waals surface area contributed by atoms with Crippen LogP contribution in [0.4, 0.5) is 0 Å². The number of carbonyl (C=O) groups excluding carboxylic acids is 1. The van der Waals surface area contributed by atoms with E-state index in [9.17, 15) is 4.79 Å². The van der Waals surface area contributed by atoms with Gasteiger partial charge in [-0.1, -0.05) is 50.0 Å². The van der Waals surface area contributed by atoms with Gasteiger partial charge in [-0.05, 0) is 42.7 Å². The van der Waals surface area contributed by atoms with Gasteiger partial charge in [0.1, 0.15) is 6.10 Å². The highest BCUT2D eigenvalue weighted by Gasteiger charge is 2.34. The molecular formula is C22H33BrIN2O2+. The van der Waals surface area contributed by atoms with Crippen LogP contribution in [-0.2, 0) is 29.5 Å². The smallest absolute Gasteiger partial charge is 0.348 e. The first kappa shape index (κ1) is 23.6. The van der Waals surface area contributed by atoms with E-state index in [0.717, 1.165) is 40.6 Å². The minimum atomic E-state index is -0.116. The number of hydrogen-bond donors (Lipinski definition) is 0. The number of hydrogen-bond acceptors (Lipinski definition) is 2. The van der Waals surface area contributed by atoms with Crippen molar-refractivity contribution in [2.45, 2.75) is 66.0 Å². The predicted octanol–water partition coefficient (Wildman–Crippen LogP) is 5.41. The number of halogens is 2. The topological polar surface area (TPSA) is 35.1 Å². The van der Waals surface area contributed by atoms with Crippen LogP contribution in [0.5, 0.6) is 0 Å². The fourth-order valence-electron chi connectivity index (χ4n) is 4.64. The predicted molar refractivity (Wildman–Crippen MR) is 127 cm³/mol. The number of imidazole rings is 1. The first-order chi connectivity index (χ1) is 12.8. The van der Waals surface area contributed by atoms with E-state index >= 15 is 0 Å². The van der Waals surface area contributed by atoms with E-state index in [-0.39, 0.29) is 42.6 Å². The number of nitrogens with zero attached hydrogens (tertiary/aromatic N) is 2. The molecule has 1 aliphatic carbocycles. The number of aromatic nitrogens is 2. The van der Waals surface area contributed by atoms with Crippen LogP contribution < -0.4 is 4.57 Å². The zero-order chi connectivity index (χ0) is 19.7. The Morgan fingerprint density at radius 1 is 1.36 bits per heavy atom. The highest BCUT2D eigenvalue weighted by atomic mass is 127. The monoisotopic (exact) mass is 563 g/mol. The second kappa shape index (κ2) is 9.92. The molecule has 1 aliphatic rings. The summed E-state index contributed by atoms with van der Waals surface area (Å²) in [5, 5.41) is 0. The summed E-state index contributed by atoms with van der Waals surface area (Å²) in [5.41, 5.74) is 2.20. The zero-order valence-electron chi connectivity index (χ0n) is 17.6. The van der Waals surface area contributed by atoms with Gasteiger partial charge in [0.2, 0.25) is 0 Å². The molecule has 1 fully saturated rings. The Balaban J connectivity index is 0.00000280. The van der Waals surface area contributed by atoms with Crippen LogP contribution in [0.1, 0.15) is 52.8 Å².